The lowest BCUT2D eigenvalue weighted by Crippen LogP contribution is -2.60. The molecule has 0 aliphatic carbocycles. The van der Waals surface area contributed by atoms with Gasteiger partial charge in [-0.15, -0.1) is 0 Å². The highest BCUT2D eigenvalue weighted by Crippen LogP contribution is 2.26. The van der Waals surface area contributed by atoms with Gasteiger partial charge in [0.15, 0.2) is 6.19 Å². The molecule has 3 aromatic rings. The molecule has 0 bridgehead atoms. The van der Waals surface area contributed by atoms with Gasteiger partial charge in [-0.1, -0.05) is 44.2 Å². The summed E-state index contributed by atoms with van der Waals surface area (Å²) in [7, 11) is 0. The molecule has 1 unspecified atom stereocenters. The third kappa shape index (κ3) is 4.02. The smallest absolute Gasteiger partial charge is 0.212 e. The lowest BCUT2D eigenvalue weighted by Gasteiger charge is -2.45. The van der Waals surface area contributed by atoms with Crippen molar-refractivity contribution in [2.75, 3.05) is 29.4 Å². The van der Waals surface area contributed by atoms with Gasteiger partial charge in [0.25, 0.3) is 0 Å². The molecule has 1 N–H and O–H groups in total. The minimum atomic E-state index is 0.0781. The Hall–Kier alpha value is -3.66. The van der Waals surface area contributed by atoms with Crippen LogP contribution in [0, 0.1) is 29.7 Å². The number of rotatable bonds is 3. The highest BCUT2D eigenvalue weighted by Gasteiger charge is 2.34. The molecule has 1 fully saturated rings. The van der Waals surface area contributed by atoms with Crippen molar-refractivity contribution in [3.63, 3.8) is 0 Å². The zero-order valence-electron chi connectivity index (χ0n) is 18.2. The molecule has 1 aromatic heterocycles. The van der Waals surface area contributed by atoms with Crippen molar-refractivity contribution in [2.24, 2.45) is 5.92 Å². The van der Waals surface area contributed by atoms with Crippen molar-refractivity contribution in [1.29, 1.82) is 10.7 Å². The highest BCUT2D eigenvalue weighted by molar-refractivity contribution is 5.97. The third-order valence-electron chi connectivity index (χ3n) is 5.89. The van der Waals surface area contributed by atoms with Crippen LogP contribution in [-0.2, 0) is 0 Å². The number of aromatic nitrogens is 2. The van der Waals surface area contributed by atoms with E-state index in [0.29, 0.717) is 19.0 Å². The van der Waals surface area contributed by atoms with Crippen molar-refractivity contribution in [3.05, 3.63) is 60.3 Å². The van der Waals surface area contributed by atoms with E-state index < -0.39 is 0 Å². The molecule has 158 valence electrons. The number of para-hydroxylation sites is 3. The molecule has 7 nitrogen and oxygen atoms in total. The molecule has 2 heterocycles. The van der Waals surface area contributed by atoms with Gasteiger partial charge in [0.1, 0.15) is 5.82 Å². The number of anilines is 2. The molecule has 1 saturated heterocycles. The van der Waals surface area contributed by atoms with E-state index in [1.807, 2.05) is 66.6 Å². The second-order valence-corrected chi connectivity index (χ2v) is 8.21. The van der Waals surface area contributed by atoms with Crippen LogP contribution in [0.1, 0.15) is 19.4 Å². The second-order valence-electron chi connectivity index (χ2n) is 8.21. The van der Waals surface area contributed by atoms with Gasteiger partial charge < -0.3 is 9.80 Å². The van der Waals surface area contributed by atoms with Crippen molar-refractivity contribution >= 4 is 28.5 Å². The van der Waals surface area contributed by atoms with E-state index in [0.717, 1.165) is 34.6 Å². The van der Waals surface area contributed by atoms with Gasteiger partial charge in [-0.3, -0.25) is 10.4 Å². The number of nitriles is 1. The minimum absolute atomic E-state index is 0.0781. The van der Waals surface area contributed by atoms with Gasteiger partial charge in [-0.2, -0.15) is 5.26 Å². The summed E-state index contributed by atoms with van der Waals surface area (Å²) in [6.45, 7) is 8.35. The number of piperazine rings is 1. The number of nitrogens with zero attached hydrogens (tertiary/aromatic N) is 6. The van der Waals surface area contributed by atoms with E-state index in [-0.39, 0.29) is 12.0 Å². The average molecular weight is 414 g/mol. The summed E-state index contributed by atoms with van der Waals surface area (Å²) in [4.78, 5) is 15.1. The fourth-order valence-corrected chi connectivity index (χ4v) is 4.11. The van der Waals surface area contributed by atoms with Crippen LogP contribution in [0.3, 0.4) is 0 Å². The standard InChI is InChI=1S/C24H27N7/c1-17(2)22-15-29(23-14-27-19-9-5-6-10-20(19)28-23)12-13-30(22)24(26)31(16-25)21-11-7-4-8-18(21)3/h4-11,14,17,22,26H,12-13,15H2,1-3H3. The van der Waals surface area contributed by atoms with Gasteiger partial charge in [-0.25, -0.2) is 9.88 Å². The molecule has 4 rings (SSSR count). The molecular weight excluding hydrogens is 386 g/mol. The summed E-state index contributed by atoms with van der Waals surface area (Å²) in [5, 5.41) is 18.7. The lowest BCUT2D eigenvalue weighted by molar-refractivity contribution is 0.221. The maximum Gasteiger partial charge on any atom is 0.212 e. The first kappa shape index (κ1) is 20.6. The van der Waals surface area contributed by atoms with E-state index in [9.17, 15) is 5.26 Å². The quantitative estimate of drug-likeness (QED) is 0.302. The van der Waals surface area contributed by atoms with Crippen LogP contribution in [0.5, 0.6) is 0 Å². The van der Waals surface area contributed by atoms with E-state index in [1.54, 1.807) is 0 Å². The molecule has 7 heteroatoms. The van der Waals surface area contributed by atoms with Gasteiger partial charge >= 0.3 is 0 Å². The second kappa shape index (κ2) is 8.60. The summed E-state index contributed by atoms with van der Waals surface area (Å²) in [5.41, 5.74) is 3.49. The average Bonchev–Trinajstić information content (AvgIpc) is 2.80. The van der Waals surface area contributed by atoms with Crippen LogP contribution in [0.4, 0.5) is 11.5 Å². The van der Waals surface area contributed by atoms with Crippen LogP contribution in [0.15, 0.2) is 54.7 Å². The molecule has 0 spiro atoms. The Labute approximate surface area is 183 Å². The van der Waals surface area contributed by atoms with E-state index >= 15 is 0 Å². The number of benzene rings is 2. The number of guanidine groups is 1. The number of hydrogen-bond donors (Lipinski definition) is 1. The summed E-state index contributed by atoms with van der Waals surface area (Å²) in [6.07, 6.45) is 4.04. The molecule has 1 atom stereocenters. The van der Waals surface area contributed by atoms with E-state index in [2.05, 4.69) is 29.9 Å². The Bertz CT molecular complexity index is 1130. The summed E-state index contributed by atoms with van der Waals surface area (Å²) in [5.74, 6) is 1.38. The first-order valence-electron chi connectivity index (χ1n) is 10.6. The van der Waals surface area contributed by atoms with Crippen LogP contribution in [-0.4, -0.2) is 46.5 Å². The van der Waals surface area contributed by atoms with Crippen LogP contribution < -0.4 is 9.80 Å². The van der Waals surface area contributed by atoms with Crippen LogP contribution in [0.2, 0.25) is 0 Å². The Morgan fingerprint density at radius 1 is 1.13 bits per heavy atom. The summed E-state index contributed by atoms with van der Waals surface area (Å²) in [6, 6.07) is 15.6. The number of fused-ring (bicyclic) bond motifs is 1. The predicted molar refractivity (Wildman–Crippen MR) is 124 cm³/mol. The first-order chi connectivity index (χ1) is 15.0. The van der Waals surface area contributed by atoms with Crippen molar-refractivity contribution < 1.29 is 0 Å². The fourth-order valence-electron chi connectivity index (χ4n) is 4.11. The molecule has 0 radical (unpaired) electrons. The summed E-state index contributed by atoms with van der Waals surface area (Å²) >= 11 is 0. The summed E-state index contributed by atoms with van der Waals surface area (Å²) < 4.78 is 0. The van der Waals surface area contributed by atoms with Crippen LogP contribution >= 0.6 is 0 Å². The molecule has 0 amide bonds. The number of hydrogen-bond acceptors (Lipinski definition) is 5. The zero-order valence-corrected chi connectivity index (χ0v) is 18.2. The Morgan fingerprint density at radius 2 is 1.84 bits per heavy atom. The third-order valence-corrected chi connectivity index (χ3v) is 5.89. The van der Waals surface area contributed by atoms with Gasteiger partial charge in [0.2, 0.25) is 5.96 Å². The molecule has 1 aliphatic heterocycles. The first-order valence-corrected chi connectivity index (χ1v) is 10.6. The molecule has 0 saturated carbocycles. The SMILES string of the molecule is Cc1ccccc1N(C#N)C(=N)N1CCN(c2cnc3ccccc3n2)CC1C(C)C. The predicted octanol–water partition coefficient (Wildman–Crippen LogP) is 4.01. The van der Waals surface area contributed by atoms with Crippen molar-refractivity contribution in [1.82, 2.24) is 14.9 Å². The lowest BCUT2D eigenvalue weighted by atomic mass is 9.99. The Morgan fingerprint density at radius 3 is 2.55 bits per heavy atom. The monoisotopic (exact) mass is 413 g/mol. The van der Waals surface area contributed by atoms with Gasteiger partial charge in [0, 0.05) is 19.6 Å². The number of nitrogens with one attached hydrogen (secondary N) is 1. The molecule has 1 aliphatic rings. The molecule has 2 aromatic carbocycles. The van der Waals surface area contributed by atoms with Gasteiger partial charge in [0.05, 0.1) is 29.0 Å². The van der Waals surface area contributed by atoms with E-state index in [1.165, 1.54) is 4.90 Å². The Kier molecular flexibility index (Phi) is 5.72. The number of aryl methyl sites for hydroxylation is 1. The fraction of sp³-hybridized carbons (Fsp3) is 0.333. The largest absolute Gasteiger partial charge is 0.351 e. The topological polar surface area (TPSA) is 83.1 Å². The Balaban J connectivity index is 1.58. The zero-order chi connectivity index (χ0) is 22.0. The van der Waals surface area contributed by atoms with Crippen LogP contribution in [0.25, 0.3) is 11.0 Å². The van der Waals surface area contributed by atoms with Gasteiger partial charge in [-0.05, 0) is 36.6 Å². The van der Waals surface area contributed by atoms with E-state index in [4.69, 9.17) is 10.4 Å². The normalized spacial score (nSPS) is 16.4. The van der Waals surface area contributed by atoms with Crippen molar-refractivity contribution in [3.8, 4) is 6.19 Å². The highest BCUT2D eigenvalue weighted by atomic mass is 15.4. The van der Waals surface area contributed by atoms with Crippen molar-refractivity contribution in [2.45, 2.75) is 26.8 Å². The minimum Gasteiger partial charge on any atom is -0.351 e. The molecular formula is C24H27N7. The maximum atomic E-state index is 9.84. The molecule has 31 heavy (non-hydrogen) atoms. The maximum absolute atomic E-state index is 9.84.